The molecule has 4 aromatic rings. The summed E-state index contributed by atoms with van der Waals surface area (Å²) >= 11 is 3.42. The fraction of sp³-hybridized carbons (Fsp3) is 0. The van der Waals surface area contributed by atoms with E-state index in [1.807, 2.05) is 53.2 Å². The highest BCUT2D eigenvalue weighted by atomic mass is 79.9. The van der Waals surface area contributed by atoms with Crippen molar-refractivity contribution in [3.8, 4) is 11.3 Å². The van der Waals surface area contributed by atoms with Gasteiger partial charge in [0.05, 0.1) is 11.3 Å². The molecule has 0 aliphatic heterocycles. The van der Waals surface area contributed by atoms with E-state index >= 15 is 0 Å². The van der Waals surface area contributed by atoms with Crippen LogP contribution in [0, 0.1) is 0 Å². The maximum absolute atomic E-state index is 12.2. The van der Waals surface area contributed by atoms with Crippen LogP contribution in [0.2, 0.25) is 0 Å². The SMILES string of the molecule is O=c1oc2ccc(Br)cc2cc1-c1cn2ccccc2n1. The molecule has 0 aliphatic carbocycles. The van der Waals surface area contributed by atoms with E-state index in [1.165, 1.54) is 0 Å². The number of aromatic nitrogens is 2. The smallest absolute Gasteiger partial charge is 0.345 e. The first-order valence-corrected chi connectivity index (χ1v) is 7.17. The quantitative estimate of drug-likeness (QED) is 0.494. The largest absolute Gasteiger partial charge is 0.422 e. The number of hydrogen-bond donors (Lipinski definition) is 0. The molecule has 0 aliphatic rings. The van der Waals surface area contributed by atoms with E-state index < -0.39 is 0 Å². The average Bonchev–Trinajstić information content (AvgIpc) is 2.90. The van der Waals surface area contributed by atoms with Crippen LogP contribution in [-0.2, 0) is 0 Å². The van der Waals surface area contributed by atoms with Gasteiger partial charge in [-0.25, -0.2) is 9.78 Å². The zero-order valence-corrected chi connectivity index (χ0v) is 12.4. The Morgan fingerprint density at radius 3 is 2.90 bits per heavy atom. The van der Waals surface area contributed by atoms with Crippen LogP contribution in [0.5, 0.6) is 0 Å². The van der Waals surface area contributed by atoms with Gasteiger partial charge in [0.15, 0.2) is 0 Å². The summed E-state index contributed by atoms with van der Waals surface area (Å²) in [6, 6.07) is 13.1. The Morgan fingerprint density at radius 2 is 2.05 bits per heavy atom. The summed E-state index contributed by atoms with van der Waals surface area (Å²) in [5, 5.41) is 0.857. The molecule has 4 rings (SSSR count). The minimum atomic E-state index is -0.381. The molecule has 1 aromatic carbocycles. The van der Waals surface area contributed by atoms with Crippen molar-refractivity contribution in [2.75, 3.05) is 0 Å². The Morgan fingerprint density at radius 1 is 1.14 bits per heavy atom. The fourth-order valence-corrected chi connectivity index (χ4v) is 2.72. The van der Waals surface area contributed by atoms with Crippen molar-refractivity contribution in [2.45, 2.75) is 0 Å². The second-order valence-electron chi connectivity index (χ2n) is 4.72. The van der Waals surface area contributed by atoms with Crippen LogP contribution in [-0.4, -0.2) is 9.38 Å². The van der Waals surface area contributed by atoms with Crippen LogP contribution in [0.4, 0.5) is 0 Å². The molecule has 3 aromatic heterocycles. The van der Waals surface area contributed by atoms with Crippen molar-refractivity contribution >= 4 is 32.5 Å². The summed E-state index contributed by atoms with van der Waals surface area (Å²) in [5.41, 5.74) is 2.05. The highest BCUT2D eigenvalue weighted by Gasteiger charge is 2.11. The molecule has 0 unspecified atom stereocenters. The van der Waals surface area contributed by atoms with Gasteiger partial charge in [-0.15, -0.1) is 0 Å². The van der Waals surface area contributed by atoms with Gasteiger partial charge in [-0.2, -0.15) is 0 Å². The first-order valence-electron chi connectivity index (χ1n) is 6.38. The molecule has 0 saturated carbocycles. The summed E-state index contributed by atoms with van der Waals surface area (Å²) in [4.78, 5) is 16.6. The summed E-state index contributed by atoms with van der Waals surface area (Å²) < 4.78 is 8.18. The van der Waals surface area contributed by atoms with E-state index in [2.05, 4.69) is 20.9 Å². The molecular weight excluding hydrogens is 332 g/mol. The molecule has 0 atom stereocenters. The van der Waals surface area contributed by atoms with Crippen molar-refractivity contribution in [2.24, 2.45) is 0 Å². The minimum Gasteiger partial charge on any atom is -0.422 e. The Hall–Kier alpha value is -2.40. The third-order valence-corrected chi connectivity index (χ3v) is 3.83. The molecule has 102 valence electrons. The normalized spacial score (nSPS) is 11.3. The van der Waals surface area contributed by atoms with Crippen LogP contribution in [0.1, 0.15) is 0 Å². The number of rotatable bonds is 1. The predicted octanol–water partition coefficient (Wildman–Crippen LogP) is 3.87. The van der Waals surface area contributed by atoms with Gasteiger partial charge in [0.2, 0.25) is 0 Å². The van der Waals surface area contributed by atoms with Crippen molar-refractivity contribution in [3.63, 3.8) is 0 Å². The zero-order chi connectivity index (χ0) is 14.4. The predicted molar refractivity (Wildman–Crippen MR) is 84.4 cm³/mol. The molecule has 0 bridgehead atoms. The van der Waals surface area contributed by atoms with Crippen molar-refractivity contribution < 1.29 is 4.42 Å². The molecule has 0 saturated heterocycles. The Labute approximate surface area is 127 Å². The second-order valence-corrected chi connectivity index (χ2v) is 5.64. The third kappa shape index (κ3) is 2.06. The highest BCUT2D eigenvalue weighted by molar-refractivity contribution is 9.10. The molecule has 3 heterocycles. The fourth-order valence-electron chi connectivity index (χ4n) is 2.34. The lowest BCUT2D eigenvalue weighted by Gasteiger charge is -2.00. The number of fused-ring (bicyclic) bond motifs is 2. The summed E-state index contributed by atoms with van der Waals surface area (Å²) in [7, 11) is 0. The van der Waals surface area contributed by atoms with Crippen LogP contribution >= 0.6 is 15.9 Å². The van der Waals surface area contributed by atoms with Crippen LogP contribution < -0.4 is 5.63 Å². The highest BCUT2D eigenvalue weighted by Crippen LogP contribution is 2.23. The average molecular weight is 341 g/mol. The maximum Gasteiger partial charge on any atom is 0.345 e. The Kier molecular flexibility index (Phi) is 2.68. The van der Waals surface area contributed by atoms with Gasteiger partial charge in [0, 0.05) is 22.3 Å². The van der Waals surface area contributed by atoms with E-state index in [4.69, 9.17) is 4.42 Å². The summed E-state index contributed by atoms with van der Waals surface area (Å²) in [6.45, 7) is 0. The summed E-state index contributed by atoms with van der Waals surface area (Å²) in [6.07, 6.45) is 3.72. The lowest BCUT2D eigenvalue weighted by atomic mass is 10.1. The minimum absolute atomic E-state index is 0.381. The van der Waals surface area contributed by atoms with Crippen molar-refractivity contribution in [3.05, 3.63) is 69.8 Å². The first kappa shape index (κ1) is 12.3. The topological polar surface area (TPSA) is 47.5 Å². The number of pyridine rings is 1. The van der Waals surface area contributed by atoms with Crippen molar-refractivity contribution in [1.82, 2.24) is 9.38 Å². The van der Waals surface area contributed by atoms with Gasteiger partial charge in [0.25, 0.3) is 0 Å². The van der Waals surface area contributed by atoms with Gasteiger partial charge in [-0.1, -0.05) is 22.0 Å². The monoisotopic (exact) mass is 340 g/mol. The van der Waals surface area contributed by atoms with Gasteiger partial charge in [-0.3, -0.25) is 0 Å². The molecule has 0 radical (unpaired) electrons. The molecular formula is C16H9BrN2O2. The van der Waals surface area contributed by atoms with Gasteiger partial charge >= 0.3 is 5.63 Å². The second kappa shape index (κ2) is 4.56. The van der Waals surface area contributed by atoms with Gasteiger partial charge in [0.1, 0.15) is 11.2 Å². The zero-order valence-electron chi connectivity index (χ0n) is 10.8. The van der Waals surface area contributed by atoms with Gasteiger partial charge in [-0.05, 0) is 36.4 Å². The molecule has 5 heteroatoms. The van der Waals surface area contributed by atoms with E-state index in [9.17, 15) is 4.79 Å². The molecule has 4 nitrogen and oxygen atoms in total. The van der Waals surface area contributed by atoms with E-state index in [1.54, 1.807) is 6.07 Å². The first-order chi connectivity index (χ1) is 10.2. The molecule has 0 N–H and O–H groups in total. The maximum atomic E-state index is 12.2. The van der Waals surface area contributed by atoms with Crippen LogP contribution in [0.3, 0.4) is 0 Å². The molecule has 0 spiro atoms. The Bertz CT molecular complexity index is 1000. The summed E-state index contributed by atoms with van der Waals surface area (Å²) in [5.74, 6) is 0. The number of hydrogen-bond acceptors (Lipinski definition) is 3. The third-order valence-electron chi connectivity index (χ3n) is 3.33. The standard InChI is InChI=1S/C16H9BrN2O2/c17-11-4-5-14-10(7-11)8-12(16(20)21-14)13-9-19-6-2-1-3-15(19)18-13/h1-9H. The van der Waals surface area contributed by atoms with E-state index in [-0.39, 0.29) is 5.63 Å². The molecule has 0 amide bonds. The van der Waals surface area contributed by atoms with Gasteiger partial charge < -0.3 is 8.82 Å². The molecule has 21 heavy (non-hydrogen) atoms. The number of nitrogens with zero attached hydrogens (tertiary/aromatic N) is 2. The lowest BCUT2D eigenvalue weighted by Crippen LogP contribution is -2.02. The van der Waals surface area contributed by atoms with Crippen LogP contribution in [0.25, 0.3) is 27.9 Å². The molecule has 0 fully saturated rings. The van der Waals surface area contributed by atoms with E-state index in [0.717, 1.165) is 15.5 Å². The lowest BCUT2D eigenvalue weighted by molar-refractivity contribution is 0.563. The number of benzene rings is 1. The number of halogens is 1. The number of imidazole rings is 1. The van der Waals surface area contributed by atoms with Crippen LogP contribution in [0.15, 0.2) is 68.5 Å². The van der Waals surface area contributed by atoms with E-state index in [0.29, 0.717) is 16.8 Å². The Balaban J connectivity index is 2.00. The van der Waals surface area contributed by atoms with Crippen molar-refractivity contribution in [1.29, 1.82) is 0 Å².